The summed E-state index contributed by atoms with van der Waals surface area (Å²) in [5.74, 6) is -1.15. The number of cyclic esters (lactones) is 1. The largest absolute Gasteiger partial charge is 0.445 e. The number of esters is 1. The number of hydrogen-bond acceptors (Lipinski definition) is 5. The van der Waals surface area contributed by atoms with Crippen molar-refractivity contribution in [3.05, 3.63) is 57.8 Å². The van der Waals surface area contributed by atoms with Gasteiger partial charge < -0.3 is 10.1 Å². The second kappa shape index (κ2) is 5.96. The van der Waals surface area contributed by atoms with Gasteiger partial charge in [-0.1, -0.05) is 24.3 Å². The number of ether oxygens (including phenoxy) is 1. The molecule has 1 atom stereocenters. The number of rotatable bonds is 4. The van der Waals surface area contributed by atoms with Gasteiger partial charge in [0.05, 0.1) is 17.0 Å². The Morgan fingerprint density at radius 1 is 1.26 bits per heavy atom. The first-order valence-electron chi connectivity index (χ1n) is 7.16. The maximum Gasteiger partial charge on any atom is 0.339 e. The molecular formula is C17H15NO4S. The van der Waals surface area contributed by atoms with Crippen molar-refractivity contribution >= 4 is 29.0 Å². The molecule has 118 valence electrons. The molecule has 1 aliphatic rings. The maximum absolute atomic E-state index is 12.4. The van der Waals surface area contributed by atoms with Gasteiger partial charge in [-0.25, -0.2) is 4.79 Å². The fraction of sp³-hybridized carbons (Fsp3) is 0.235. The highest BCUT2D eigenvalue weighted by Crippen LogP contribution is 2.28. The van der Waals surface area contributed by atoms with Gasteiger partial charge in [-0.05, 0) is 30.0 Å². The van der Waals surface area contributed by atoms with Crippen molar-refractivity contribution < 1.29 is 19.1 Å². The van der Waals surface area contributed by atoms with Crippen LogP contribution < -0.4 is 5.32 Å². The van der Waals surface area contributed by atoms with E-state index in [2.05, 4.69) is 5.32 Å². The molecule has 6 heteroatoms. The number of amides is 1. The number of fused-ring (bicyclic) bond motifs is 1. The number of carbonyl (C=O) groups excluding carboxylic acids is 3. The van der Waals surface area contributed by atoms with Crippen LogP contribution in [0.5, 0.6) is 0 Å². The van der Waals surface area contributed by atoms with Crippen molar-refractivity contribution in [2.45, 2.75) is 18.9 Å². The fourth-order valence-electron chi connectivity index (χ4n) is 2.53. The van der Waals surface area contributed by atoms with E-state index in [-0.39, 0.29) is 18.7 Å². The molecule has 0 fully saturated rings. The summed E-state index contributed by atoms with van der Waals surface area (Å²) in [5.41, 5.74) is -0.0559. The molecule has 0 bridgehead atoms. The van der Waals surface area contributed by atoms with E-state index in [0.717, 1.165) is 5.56 Å². The van der Waals surface area contributed by atoms with Gasteiger partial charge in [0.2, 0.25) is 0 Å². The lowest BCUT2D eigenvalue weighted by molar-refractivity contribution is -0.139. The zero-order chi connectivity index (χ0) is 16.4. The topological polar surface area (TPSA) is 72.5 Å². The highest BCUT2D eigenvalue weighted by Gasteiger charge is 2.42. The van der Waals surface area contributed by atoms with Gasteiger partial charge in [-0.3, -0.25) is 9.59 Å². The van der Waals surface area contributed by atoms with Crippen molar-refractivity contribution in [1.82, 2.24) is 5.32 Å². The van der Waals surface area contributed by atoms with Crippen LogP contribution in [0.15, 0.2) is 41.8 Å². The summed E-state index contributed by atoms with van der Waals surface area (Å²) in [6, 6.07) is 10.5. The fourth-order valence-corrected chi connectivity index (χ4v) is 3.20. The van der Waals surface area contributed by atoms with Crippen molar-refractivity contribution in [2.75, 3.05) is 6.54 Å². The maximum atomic E-state index is 12.4. The molecule has 23 heavy (non-hydrogen) atoms. The van der Waals surface area contributed by atoms with Crippen LogP contribution in [0, 0.1) is 0 Å². The molecule has 1 N–H and O–H groups in total. The van der Waals surface area contributed by atoms with Crippen LogP contribution in [-0.4, -0.2) is 29.8 Å². The van der Waals surface area contributed by atoms with Gasteiger partial charge in [-0.2, -0.15) is 0 Å². The minimum atomic E-state index is -1.30. The van der Waals surface area contributed by atoms with Gasteiger partial charge in [0.25, 0.3) is 5.91 Å². The zero-order valence-electron chi connectivity index (χ0n) is 12.5. The van der Waals surface area contributed by atoms with Crippen LogP contribution >= 0.6 is 11.3 Å². The minimum Gasteiger partial charge on any atom is -0.445 e. The molecule has 1 aliphatic heterocycles. The summed E-state index contributed by atoms with van der Waals surface area (Å²) in [4.78, 5) is 37.0. The summed E-state index contributed by atoms with van der Waals surface area (Å²) < 4.78 is 5.33. The molecule has 0 saturated carbocycles. The third-order valence-electron chi connectivity index (χ3n) is 3.77. The molecule has 3 rings (SSSR count). The zero-order valence-corrected chi connectivity index (χ0v) is 13.3. The quantitative estimate of drug-likeness (QED) is 0.689. The molecule has 0 saturated heterocycles. The molecule has 0 spiro atoms. The van der Waals surface area contributed by atoms with Gasteiger partial charge >= 0.3 is 5.97 Å². The van der Waals surface area contributed by atoms with Crippen molar-refractivity contribution in [2.24, 2.45) is 0 Å². The standard InChI is InChI=1S/C17H15NO4S/c1-17(9-11-5-2-3-6-12(11)15(20)22-17)16(21)18-10-13(19)14-7-4-8-23-14/h2-8H,9-10H2,1H3,(H,18,21)/t17-/m0/s1. The molecule has 5 nitrogen and oxygen atoms in total. The summed E-state index contributed by atoms with van der Waals surface area (Å²) in [6.07, 6.45) is 0.286. The molecule has 2 heterocycles. The Morgan fingerprint density at radius 3 is 2.78 bits per heavy atom. The Labute approximate surface area is 137 Å². The summed E-state index contributed by atoms with van der Waals surface area (Å²) in [7, 11) is 0. The third-order valence-corrected chi connectivity index (χ3v) is 4.68. The predicted molar refractivity (Wildman–Crippen MR) is 85.6 cm³/mol. The third kappa shape index (κ3) is 3.03. The smallest absolute Gasteiger partial charge is 0.339 e. The minimum absolute atomic E-state index is 0.117. The first kappa shape index (κ1) is 15.4. The molecular weight excluding hydrogens is 314 g/mol. The number of hydrogen-bond donors (Lipinski definition) is 1. The van der Waals surface area contributed by atoms with Crippen LogP contribution in [0.1, 0.15) is 32.5 Å². The van der Waals surface area contributed by atoms with Crippen LogP contribution in [-0.2, 0) is 16.0 Å². The molecule has 0 radical (unpaired) electrons. The lowest BCUT2D eigenvalue weighted by Gasteiger charge is -2.32. The number of carbonyl (C=O) groups is 3. The van der Waals surface area contributed by atoms with Crippen LogP contribution in [0.2, 0.25) is 0 Å². The van der Waals surface area contributed by atoms with Gasteiger partial charge in [0.1, 0.15) is 0 Å². The van der Waals surface area contributed by atoms with Crippen LogP contribution in [0.25, 0.3) is 0 Å². The molecule has 1 amide bonds. The Balaban J connectivity index is 1.70. The van der Waals surface area contributed by atoms with E-state index in [9.17, 15) is 14.4 Å². The first-order chi connectivity index (χ1) is 11.0. The second-order valence-corrected chi connectivity index (χ2v) is 6.49. The highest BCUT2D eigenvalue weighted by molar-refractivity contribution is 7.12. The summed E-state index contributed by atoms with van der Waals surface area (Å²) in [5, 5.41) is 4.38. The van der Waals surface area contributed by atoms with E-state index >= 15 is 0 Å². The van der Waals surface area contributed by atoms with Crippen molar-refractivity contribution in [1.29, 1.82) is 0 Å². The number of benzene rings is 1. The Morgan fingerprint density at radius 2 is 2.04 bits per heavy atom. The molecule has 1 aromatic heterocycles. The second-order valence-electron chi connectivity index (χ2n) is 5.54. The van der Waals surface area contributed by atoms with Crippen LogP contribution in [0.3, 0.4) is 0 Å². The summed E-state index contributed by atoms with van der Waals surface area (Å²) in [6.45, 7) is 1.44. The molecule has 2 aromatic rings. The SMILES string of the molecule is C[C@@]1(C(=O)NCC(=O)c2cccs2)Cc2ccccc2C(=O)O1. The van der Waals surface area contributed by atoms with E-state index < -0.39 is 17.5 Å². The molecule has 0 aliphatic carbocycles. The van der Waals surface area contributed by atoms with Gasteiger partial charge in [-0.15, -0.1) is 11.3 Å². The van der Waals surface area contributed by atoms with E-state index in [0.29, 0.717) is 10.4 Å². The van der Waals surface area contributed by atoms with E-state index in [1.54, 1.807) is 42.6 Å². The first-order valence-corrected chi connectivity index (χ1v) is 8.04. The lowest BCUT2D eigenvalue weighted by atomic mass is 9.89. The number of Topliss-reactive ketones (excluding diaryl/α,β-unsaturated/α-hetero) is 1. The Hall–Kier alpha value is -2.47. The van der Waals surface area contributed by atoms with E-state index in [1.165, 1.54) is 11.3 Å². The molecule has 1 aromatic carbocycles. The van der Waals surface area contributed by atoms with Gasteiger partial charge in [0, 0.05) is 6.42 Å². The number of thiophene rings is 1. The Bertz CT molecular complexity index is 769. The van der Waals surface area contributed by atoms with E-state index in [4.69, 9.17) is 4.74 Å². The molecule has 0 unspecified atom stereocenters. The number of nitrogens with one attached hydrogen (secondary N) is 1. The van der Waals surface area contributed by atoms with Crippen molar-refractivity contribution in [3.63, 3.8) is 0 Å². The van der Waals surface area contributed by atoms with Crippen LogP contribution in [0.4, 0.5) is 0 Å². The van der Waals surface area contributed by atoms with E-state index in [1.807, 2.05) is 6.07 Å². The average molecular weight is 329 g/mol. The lowest BCUT2D eigenvalue weighted by Crippen LogP contribution is -2.52. The van der Waals surface area contributed by atoms with Gasteiger partial charge in [0.15, 0.2) is 11.4 Å². The monoisotopic (exact) mass is 329 g/mol. The summed E-state index contributed by atoms with van der Waals surface area (Å²) >= 11 is 1.32. The predicted octanol–water partition coefficient (Wildman–Crippen LogP) is 2.22. The average Bonchev–Trinajstić information content (AvgIpc) is 3.06. The number of ketones is 1. The van der Waals surface area contributed by atoms with Crippen molar-refractivity contribution in [3.8, 4) is 0 Å². The Kier molecular flexibility index (Phi) is 4.00. The normalized spacial score (nSPS) is 19.6. The highest BCUT2D eigenvalue weighted by atomic mass is 32.1.